The third-order valence-electron chi connectivity index (χ3n) is 2.78. The molecule has 1 fully saturated rings. The summed E-state index contributed by atoms with van der Waals surface area (Å²) in [6.45, 7) is 6.56. The van der Waals surface area contributed by atoms with Crippen LogP contribution >= 0.6 is 0 Å². The average molecular weight is 228 g/mol. The van der Waals surface area contributed by atoms with Gasteiger partial charge in [0.05, 0.1) is 18.8 Å². The van der Waals surface area contributed by atoms with Crippen LogP contribution < -0.4 is 0 Å². The van der Waals surface area contributed by atoms with Crippen LogP contribution in [0.2, 0.25) is 0 Å². The molecular formula is C13H24O3. The molecule has 1 aliphatic heterocycles. The summed E-state index contributed by atoms with van der Waals surface area (Å²) >= 11 is 0. The molecule has 2 atom stereocenters. The molecule has 16 heavy (non-hydrogen) atoms. The average Bonchev–Trinajstić information content (AvgIpc) is 2.16. The maximum Gasteiger partial charge on any atom is 0.163 e. The van der Waals surface area contributed by atoms with E-state index in [1.807, 2.05) is 26.8 Å². The van der Waals surface area contributed by atoms with Crippen molar-refractivity contribution in [2.75, 3.05) is 6.61 Å². The van der Waals surface area contributed by atoms with E-state index >= 15 is 0 Å². The van der Waals surface area contributed by atoms with E-state index in [2.05, 4.69) is 6.08 Å². The number of hydrogen-bond donors (Lipinski definition) is 1. The highest BCUT2D eigenvalue weighted by Crippen LogP contribution is 2.25. The van der Waals surface area contributed by atoms with Crippen molar-refractivity contribution in [3.05, 3.63) is 12.2 Å². The molecule has 1 saturated heterocycles. The number of rotatable bonds is 5. The predicted molar refractivity (Wildman–Crippen MR) is 64.2 cm³/mol. The van der Waals surface area contributed by atoms with Crippen molar-refractivity contribution in [1.29, 1.82) is 0 Å². The van der Waals surface area contributed by atoms with E-state index in [9.17, 15) is 5.11 Å². The normalized spacial score (nSPS) is 27.1. The van der Waals surface area contributed by atoms with Gasteiger partial charge in [0.2, 0.25) is 0 Å². The van der Waals surface area contributed by atoms with Gasteiger partial charge in [0.25, 0.3) is 0 Å². The first kappa shape index (κ1) is 13.7. The Bertz CT molecular complexity index is 223. The van der Waals surface area contributed by atoms with Crippen molar-refractivity contribution in [3.63, 3.8) is 0 Å². The molecule has 0 saturated carbocycles. The maximum atomic E-state index is 9.84. The van der Waals surface area contributed by atoms with E-state index < -0.39 is 5.79 Å². The molecule has 1 heterocycles. The summed E-state index contributed by atoms with van der Waals surface area (Å²) in [5.74, 6) is -0.494. The summed E-state index contributed by atoms with van der Waals surface area (Å²) in [6.07, 6.45) is 7.29. The fourth-order valence-electron chi connectivity index (χ4n) is 1.97. The third kappa shape index (κ3) is 5.10. The van der Waals surface area contributed by atoms with E-state index in [-0.39, 0.29) is 12.2 Å². The Labute approximate surface area is 98.4 Å². The van der Waals surface area contributed by atoms with Gasteiger partial charge in [-0.15, -0.1) is 0 Å². The topological polar surface area (TPSA) is 38.7 Å². The second-order valence-electron chi connectivity index (χ2n) is 4.81. The number of hydrogen-bond acceptors (Lipinski definition) is 3. The van der Waals surface area contributed by atoms with Crippen molar-refractivity contribution < 1.29 is 14.6 Å². The van der Waals surface area contributed by atoms with Gasteiger partial charge >= 0.3 is 0 Å². The second-order valence-corrected chi connectivity index (χ2v) is 4.81. The molecule has 0 aromatic carbocycles. The van der Waals surface area contributed by atoms with Gasteiger partial charge in [0.15, 0.2) is 5.79 Å². The molecule has 1 N–H and O–H groups in total. The summed E-state index contributed by atoms with van der Waals surface area (Å²) in [7, 11) is 0. The molecule has 0 bridgehead atoms. The van der Waals surface area contributed by atoms with E-state index in [4.69, 9.17) is 9.47 Å². The Kier molecular flexibility index (Phi) is 5.46. The van der Waals surface area contributed by atoms with Gasteiger partial charge in [-0.05, 0) is 46.5 Å². The van der Waals surface area contributed by atoms with E-state index in [1.54, 1.807) is 0 Å². The quantitative estimate of drug-likeness (QED) is 0.735. The smallest absolute Gasteiger partial charge is 0.163 e. The molecule has 0 aromatic rings. The Balaban J connectivity index is 2.25. The van der Waals surface area contributed by atoms with Crippen molar-refractivity contribution >= 4 is 0 Å². The molecule has 1 rings (SSSR count). The lowest BCUT2D eigenvalue weighted by Gasteiger charge is -2.36. The summed E-state index contributed by atoms with van der Waals surface area (Å²) in [6, 6.07) is 0. The SMILES string of the molecule is C/C=C/CC[C@H](O)C[C@H]1CCOC(C)(C)O1. The van der Waals surface area contributed by atoms with Crippen LogP contribution in [0.3, 0.4) is 0 Å². The van der Waals surface area contributed by atoms with Gasteiger partial charge in [0, 0.05) is 0 Å². The van der Waals surface area contributed by atoms with Crippen molar-refractivity contribution in [3.8, 4) is 0 Å². The molecule has 1 aliphatic rings. The molecule has 0 unspecified atom stereocenters. The second kappa shape index (κ2) is 6.38. The molecule has 0 spiro atoms. The van der Waals surface area contributed by atoms with Gasteiger partial charge in [-0.2, -0.15) is 0 Å². The number of aliphatic hydroxyl groups excluding tert-OH is 1. The largest absolute Gasteiger partial charge is 0.393 e. The zero-order chi connectivity index (χ0) is 12.0. The molecular weight excluding hydrogens is 204 g/mol. The Morgan fingerprint density at radius 2 is 2.25 bits per heavy atom. The fourth-order valence-corrected chi connectivity index (χ4v) is 1.97. The van der Waals surface area contributed by atoms with Gasteiger partial charge in [-0.1, -0.05) is 12.2 Å². The maximum absolute atomic E-state index is 9.84. The first-order chi connectivity index (χ1) is 7.53. The van der Waals surface area contributed by atoms with Crippen LogP contribution in [0.4, 0.5) is 0 Å². The van der Waals surface area contributed by atoms with Gasteiger partial charge < -0.3 is 14.6 Å². The molecule has 0 aliphatic carbocycles. The molecule has 0 radical (unpaired) electrons. The van der Waals surface area contributed by atoms with Crippen LogP contribution in [0, 0.1) is 0 Å². The number of ether oxygens (including phenoxy) is 2. The standard InChI is InChI=1S/C13H24O3/c1-4-5-6-7-11(14)10-12-8-9-15-13(2,3)16-12/h4-5,11-12,14H,6-10H2,1-3H3/b5-4+/t11-,12+/m0/s1. The minimum absolute atomic E-state index is 0.129. The summed E-state index contributed by atoms with van der Waals surface area (Å²) in [5, 5.41) is 9.84. The van der Waals surface area contributed by atoms with E-state index in [0.717, 1.165) is 25.9 Å². The van der Waals surface area contributed by atoms with Crippen LogP contribution in [-0.2, 0) is 9.47 Å². The Morgan fingerprint density at radius 3 is 2.88 bits per heavy atom. The van der Waals surface area contributed by atoms with Gasteiger partial charge in [-0.25, -0.2) is 0 Å². The van der Waals surface area contributed by atoms with Crippen LogP contribution in [0.5, 0.6) is 0 Å². The van der Waals surface area contributed by atoms with Crippen LogP contribution in [0.1, 0.15) is 46.5 Å². The van der Waals surface area contributed by atoms with Crippen molar-refractivity contribution in [1.82, 2.24) is 0 Å². The van der Waals surface area contributed by atoms with Crippen molar-refractivity contribution in [2.45, 2.75) is 64.4 Å². The minimum Gasteiger partial charge on any atom is -0.393 e. The van der Waals surface area contributed by atoms with Crippen LogP contribution in [0.15, 0.2) is 12.2 Å². The van der Waals surface area contributed by atoms with Gasteiger partial charge in [0.1, 0.15) is 0 Å². The molecule has 0 aromatic heterocycles. The number of allylic oxidation sites excluding steroid dienone is 2. The van der Waals surface area contributed by atoms with E-state index in [1.165, 1.54) is 0 Å². The van der Waals surface area contributed by atoms with Crippen LogP contribution in [0.25, 0.3) is 0 Å². The fraction of sp³-hybridized carbons (Fsp3) is 0.846. The van der Waals surface area contributed by atoms with Gasteiger partial charge in [-0.3, -0.25) is 0 Å². The highest BCUT2D eigenvalue weighted by Gasteiger charge is 2.30. The molecule has 94 valence electrons. The molecule has 3 heteroatoms. The highest BCUT2D eigenvalue weighted by atomic mass is 16.7. The molecule has 0 amide bonds. The van der Waals surface area contributed by atoms with E-state index in [0.29, 0.717) is 6.42 Å². The first-order valence-electron chi connectivity index (χ1n) is 6.14. The third-order valence-corrected chi connectivity index (χ3v) is 2.78. The number of aliphatic hydroxyl groups is 1. The van der Waals surface area contributed by atoms with Crippen molar-refractivity contribution in [2.24, 2.45) is 0 Å². The Hall–Kier alpha value is -0.380. The lowest BCUT2D eigenvalue weighted by molar-refractivity contribution is -0.276. The monoisotopic (exact) mass is 228 g/mol. The zero-order valence-electron chi connectivity index (χ0n) is 10.6. The lowest BCUT2D eigenvalue weighted by Crippen LogP contribution is -2.41. The first-order valence-corrected chi connectivity index (χ1v) is 6.14. The Morgan fingerprint density at radius 1 is 1.50 bits per heavy atom. The highest BCUT2D eigenvalue weighted by molar-refractivity contribution is 4.79. The van der Waals surface area contributed by atoms with Crippen LogP contribution in [-0.4, -0.2) is 29.7 Å². The summed E-state index contributed by atoms with van der Waals surface area (Å²) in [4.78, 5) is 0. The predicted octanol–water partition coefficient (Wildman–Crippen LogP) is 2.64. The minimum atomic E-state index is -0.494. The summed E-state index contributed by atoms with van der Waals surface area (Å²) in [5.41, 5.74) is 0. The summed E-state index contributed by atoms with van der Waals surface area (Å²) < 4.78 is 11.2. The lowest BCUT2D eigenvalue weighted by atomic mass is 10.0. The zero-order valence-corrected chi connectivity index (χ0v) is 10.6. The molecule has 3 nitrogen and oxygen atoms in total.